The van der Waals surface area contributed by atoms with E-state index in [9.17, 15) is 14.4 Å². The molecule has 0 saturated carbocycles. The number of primary amides is 1. The first-order chi connectivity index (χ1) is 11.6. The summed E-state index contributed by atoms with van der Waals surface area (Å²) in [5.41, 5.74) is 5.99. The van der Waals surface area contributed by atoms with Crippen molar-refractivity contribution in [3.63, 3.8) is 0 Å². The molecule has 0 unspecified atom stereocenters. The number of anilines is 1. The van der Waals surface area contributed by atoms with Crippen molar-refractivity contribution in [3.8, 4) is 0 Å². The zero-order valence-corrected chi connectivity index (χ0v) is 16.4. The SMILES string of the molecule is Cc1c(C(N)=O)sc(NC(=O)c2nn(C)cc2Br)c1C(=O)OC(C)C. The third-order valence-corrected chi connectivity index (χ3v) is 4.95. The van der Waals surface area contributed by atoms with Crippen LogP contribution in [0, 0.1) is 6.92 Å². The normalized spacial score (nSPS) is 10.8. The highest BCUT2D eigenvalue weighted by molar-refractivity contribution is 9.10. The maximum Gasteiger partial charge on any atom is 0.341 e. The molecule has 0 aliphatic carbocycles. The number of amides is 2. The lowest BCUT2D eigenvalue weighted by molar-refractivity contribution is 0.0379. The second-order valence-corrected chi connectivity index (χ2v) is 7.41. The quantitative estimate of drug-likeness (QED) is 0.709. The molecule has 0 aromatic carbocycles. The highest BCUT2D eigenvalue weighted by Gasteiger charge is 2.27. The van der Waals surface area contributed by atoms with E-state index in [0.29, 0.717) is 10.0 Å². The lowest BCUT2D eigenvalue weighted by Crippen LogP contribution is -2.18. The van der Waals surface area contributed by atoms with Gasteiger partial charge in [-0.3, -0.25) is 14.3 Å². The van der Waals surface area contributed by atoms with Gasteiger partial charge in [-0.05, 0) is 42.3 Å². The molecule has 2 heterocycles. The fourth-order valence-corrected chi connectivity index (χ4v) is 3.73. The van der Waals surface area contributed by atoms with Crippen molar-refractivity contribution in [3.05, 3.63) is 32.4 Å². The molecule has 0 aliphatic rings. The third kappa shape index (κ3) is 4.07. The number of carbonyl (C=O) groups is 3. The Morgan fingerprint density at radius 3 is 2.52 bits per heavy atom. The number of aromatic nitrogens is 2. The van der Waals surface area contributed by atoms with Gasteiger partial charge in [0, 0.05) is 13.2 Å². The second-order valence-electron chi connectivity index (χ2n) is 5.53. The van der Waals surface area contributed by atoms with Gasteiger partial charge in [0.05, 0.1) is 21.0 Å². The van der Waals surface area contributed by atoms with Crippen LogP contribution >= 0.6 is 27.3 Å². The molecule has 134 valence electrons. The van der Waals surface area contributed by atoms with Gasteiger partial charge in [0.25, 0.3) is 11.8 Å². The van der Waals surface area contributed by atoms with Crippen molar-refractivity contribution in [2.45, 2.75) is 26.9 Å². The third-order valence-electron chi connectivity index (χ3n) is 3.14. The van der Waals surface area contributed by atoms with Gasteiger partial charge in [-0.25, -0.2) is 4.79 Å². The number of nitrogens with one attached hydrogen (secondary N) is 1. The number of carbonyl (C=O) groups excluding carboxylic acids is 3. The van der Waals surface area contributed by atoms with E-state index in [-0.39, 0.29) is 27.2 Å². The minimum atomic E-state index is -0.680. The molecule has 2 amide bonds. The first kappa shape index (κ1) is 19.1. The molecule has 0 fully saturated rings. The van der Waals surface area contributed by atoms with Gasteiger partial charge in [0.1, 0.15) is 5.00 Å². The molecular formula is C15H17BrN4O4S. The summed E-state index contributed by atoms with van der Waals surface area (Å²) in [4.78, 5) is 36.6. The fourth-order valence-electron chi connectivity index (χ4n) is 2.13. The summed E-state index contributed by atoms with van der Waals surface area (Å²) >= 11 is 4.18. The summed E-state index contributed by atoms with van der Waals surface area (Å²) in [5, 5.41) is 6.86. The van der Waals surface area contributed by atoms with Crippen LogP contribution in [0.15, 0.2) is 10.7 Å². The molecule has 8 nitrogen and oxygen atoms in total. The van der Waals surface area contributed by atoms with E-state index in [1.807, 2.05) is 0 Å². The first-order valence-electron chi connectivity index (χ1n) is 7.26. The second kappa shape index (κ2) is 7.36. The van der Waals surface area contributed by atoms with Gasteiger partial charge in [-0.2, -0.15) is 5.10 Å². The Balaban J connectivity index is 2.43. The minimum Gasteiger partial charge on any atom is -0.459 e. The number of ether oxygens (including phenoxy) is 1. The molecule has 2 rings (SSSR count). The topological polar surface area (TPSA) is 116 Å². The van der Waals surface area contributed by atoms with Crippen molar-refractivity contribution >= 4 is 50.1 Å². The van der Waals surface area contributed by atoms with Crippen molar-refractivity contribution in [2.24, 2.45) is 12.8 Å². The number of hydrogen-bond donors (Lipinski definition) is 2. The molecule has 2 aromatic heterocycles. The van der Waals surface area contributed by atoms with Crippen LogP contribution in [0.25, 0.3) is 0 Å². The Kier molecular flexibility index (Phi) is 5.63. The van der Waals surface area contributed by atoms with Crippen LogP contribution in [-0.2, 0) is 11.8 Å². The van der Waals surface area contributed by atoms with Gasteiger partial charge in [0.15, 0.2) is 5.69 Å². The van der Waals surface area contributed by atoms with E-state index in [2.05, 4.69) is 26.3 Å². The van der Waals surface area contributed by atoms with Crippen LogP contribution in [0.1, 0.15) is 49.9 Å². The lowest BCUT2D eigenvalue weighted by Gasteiger charge is -2.10. The van der Waals surface area contributed by atoms with E-state index in [0.717, 1.165) is 11.3 Å². The Hall–Kier alpha value is -2.20. The smallest absolute Gasteiger partial charge is 0.341 e. The Morgan fingerprint density at radius 1 is 1.40 bits per heavy atom. The fraction of sp³-hybridized carbons (Fsp3) is 0.333. The van der Waals surface area contributed by atoms with Crippen molar-refractivity contribution in [1.29, 1.82) is 0 Å². The maximum absolute atomic E-state index is 12.5. The molecule has 2 aromatic rings. The van der Waals surface area contributed by atoms with Crippen molar-refractivity contribution < 1.29 is 19.1 Å². The van der Waals surface area contributed by atoms with Crippen LogP contribution in [0.4, 0.5) is 5.00 Å². The minimum absolute atomic E-state index is 0.118. The van der Waals surface area contributed by atoms with E-state index in [1.165, 1.54) is 4.68 Å². The first-order valence-corrected chi connectivity index (χ1v) is 8.87. The van der Waals surface area contributed by atoms with Gasteiger partial charge >= 0.3 is 5.97 Å². The number of aryl methyl sites for hydroxylation is 1. The van der Waals surface area contributed by atoms with Crippen molar-refractivity contribution in [2.75, 3.05) is 5.32 Å². The lowest BCUT2D eigenvalue weighted by atomic mass is 10.1. The van der Waals surface area contributed by atoms with Crippen molar-refractivity contribution in [1.82, 2.24) is 9.78 Å². The maximum atomic E-state index is 12.5. The predicted octanol–water partition coefficient (Wildman–Crippen LogP) is 2.47. The molecule has 3 N–H and O–H groups in total. The zero-order chi connectivity index (χ0) is 18.9. The zero-order valence-electron chi connectivity index (χ0n) is 14.0. The van der Waals surface area contributed by atoms with Gasteiger partial charge in [0.2, 0.25) is 0 Å². The summed E-state index contributed by atoms with van der Waals surface area (Å²) in [5.74, 6) is -1.84. The summed E-state index contributed by atoms with van der Waals surface area (Å²) in [6, 6.07) is 0. The van der Waals surface area contributed by atoms with E-state index < -0.39 is 17.8 Å². The summed E-state index contributed by atoms with van der Waals surface area (Å²) in [6.45, 7) is 5.00. The number of thiophene rings is 1. The van der Waals surface area contributed by atoms with Crippen LogP contribution < -0.4 is 11.1 Å². The highest BCUT2D eigenvalue weighted by atomic mass is 79.9. The van der Waals surface area contributed by atoms with E-state index in [4.69, 9.17) is 10.5 Å². The van der Waals surface area contributed by atoms with Gasteiger partial charge in [-0.1, -0.05) is 0 Å². The number of rotatable bonds is 5. The van der Waals surface area contributed by atoms with Crippen LogP contribution in [0.3, 0.4) is 0 Å². The molecule has 25 heavy (non-hydrogen) atoms. The monoisotopic (exact) mass is 428 g/mol. The Bertz CT molecular complexity index is 856. The van der Waals surface area contributed by atoms with Gasteiger partial charge < -0.3 is 15.8 Å². The molecule has 0 bridgehead atoms. The van der Waals surface area contributed by atoms with E-state index in [1.54, 1.807) is 34.0 Å². The number of hydrogen-bond acceptors (Lipinski definition) is 6. The van der Waals surface area contributed by atoms with Crippen LogP contribution in [0.2, 0.25) is 0 Å². The molecule has 0 aliphatic heterocycles. The molecule has 0 saturated heterocycles. The number of halogens is 1. The predicted molar refractivity (Wildman–Crippen MR) is 97.0 cm³/mol. The number of nitrogens with two attached hydrogens (primary N) is 1. The van der Waals surface area contributed by atoms with Crippen LogP contribution in [0.5, 0.6) is 0 Å². The molecule has 0 atom stereocenters. The van der Waals surface area contributed by atoms with Gasteiger partial charge in [-0.15, -0.1) is 11.3 Å². The summed E-state index contributed by atoms with van der Waals surface area (Å²) in [6.07, 6.45) is 1.27. The molecule has 10 heteroatoms. The molecular weight excluding hydrogens is 412 g/mol. The van der Waals surface area contributed by atoms with Crippen LogP contribution in [-0.4, -0.2) is 33.7 Å². The Morgan fingerprint density at radius 2 is 2.04 bits per heavy atom. The average molecular weight is 429 g/mol. The molecule has 0 spiro atoms. The number of nitrogens with zero attached hydrogens (tertiary/aromatic N) is 2. The summed E-state index contributed by atoms with van der Waals surface area (Å²) in [7, 11) is 1.67. The number of esters is 1. The van der Waals surface area contributed by atoms with E-state index >= 15 is 0 Å². The Labute approximate surface area is 156 Å². The standard InChI is InChI=1S/C15H17BrN4O4S/c1-6(2)24-15(23)9-7(3)11(12(17)21)25-14(9)18-13(22)10-8(16)5-20(4)19-10/h5-6H,1-4H3,(H2,17,21)(H,18,22). The average Bonchev–Trinajstić information content (AvgIpc) is 2.97. The molecule has 0 radical (unpaired) electrons. The largest absolute Gasteiger partial charge is 0.459 e. The summed E-state index contributed by atoms with van der Waals surface area (Å²) < 4.78 is 7.18. The highest BCUT2D eigenvalue weighted by Crippen LogP contribution is 2.34.